The number of hydrogen-bond donors (Lipinski definition) is 0. The van der Waals surface area contributed by atoms with Crippen LogP contribution in [0.4, 0.5) is 0 Å². The van der Waals surface area contributed by atoms with Crippen molar-refractivity contribution >= 4 is 35.2 Å². The predicted octanol–water partition coefficient (Wildman–Crippen LogP) is 3.10. The minimum absolute atomic E-state index is 0.650. The molecule has 0 aliphatic carbocycles. The van der Waals surface area contributed by atoms with Gasteiger partial charge in [-0.1, -0.05) is 0 Å². The lowest BCUT2D eigenvalue weighted by molar-refractivity contribution is 0.111. The molecule has 2 aromatic rings. The Morgan fingerprint density at radius 2 is 1.93 bits per heavy atom. The van der Waals surface area contributed by atoms with Crippen molar-refractivity contribution in [1.82, 2.24) is 0 Å². The number of hydrogen-bond acceptors (Lipinski definition) is 4. The summed E-state index contributed by atoms with van der Waals surface area (Å²) in [6, 6.07) is 1.86. The van der Waals surface area contributed by atoms with E-state index in [2.05, 4.69) is 0 Å². The molecule has 0 bridgehead atoms. The topological polar surface area (TPSA) is 34.1 Å². The monoisotopic (exact) mass is 222 g/mol. The zero-order valence-electron chi connectivity index (χ0n) is 7.10. The van der Waals surface area contributed by atoms with Gasteiger partial charge in [0.15, 0.2) is 12.6 Å². The van der Waals surface area contributed by atoms with E-state index >= 15 is 0 Å². The van der Waals surface area contributed by atoms with Gasteiger partial charge in [-0.15, -0.1) is 11.3 Å². The highest BCUT2D eigenvalue weighted by molar-refractivity contribution is 7.12. The number of thiophene rings is 2. The van der Waals surface area contributed by atoms with Crippen molar-refractivity contribution in [3.05, 3.63) is 32.6 Å². The molecule has 0 atom stereocenters. The summed E-state index contributed by atoms with van der Waals surface area (Å²) in [5.74, 6) is 0. The van der Waals surface area contributed by atoms with Crippen LogP contribution in [0.3, 0.4) is 0 Å². The Morgan fingerprint density at radius 1 is 1.07 bits per heavy atom. The minimum atomic E-state index is 0.650. The molecule has 70 valence electrons. The zero-order valence-corrected chi connectivity index (χ0v) is 8.73. The lowest BCUT2D eigenvalue weighted by atomic mass is 10.1. The summed E-state index contributed by atoms with van der Waals surface area (Å²) in [6.07, 6.45) is 1.64. The standard InChI is InChI=1S/C10H6O2S2/c11-3-7-5-13-6-9(7)8-1-2-14-10(8)4-12/h1-6H. The summed E-state index contributed by atoms with van der Waals surface area (Å²) in [7, 11) is 0. The minimum Gasteiger partial charge on any atom is -0.298 e. The molecule has 0 saturated carbocycles. The molecule has 0 fully saturated rings. The molecule has 0 saturated heterocycles. The Hall–Kier alpha value is -1.26. The molecule has 2 heterocycles. The highest BCUT2D eigenvalue weighted by Crippen LogP contribution is 2.31. The molecule has 0 amide bonds. The normalized spacial score (nSPS) is 10.0. The molecular formula is C10H6O2S2. The van der Waals surface area contributed by atoms with Crippen molar-refractivity contribution in [1.29, 1.82) is 0 Å². The first kappa shape index (κ1) is 9.30. The van der Waals surface area contributed by atoms with Gasteiger partial charge in [0.2, 0.25) is 0 Å². The first-order valence-electron chi connectivity index (χ1n) is 3.91. The Kier molecular flexibility index (Phi) is 2.56. The molecule has 0 N–H and O–H groups in total. The molecule has 0 spiro atoms. The molecule has 0 radical (unpaired) electrons. The first-order chi connectivity index (χ1) is 6.86. The summed E-state index contributed by atoms with van der Waals surface area (Å²) in [5.41, 5.74) is 2.36. The van der Waals surface area contributed by atoms with Gasteiger partial charge in [0.05, 0.1) is 4.88 Å². The lowest BCUT2D eigenvalue weighted by Gasteiger charge is -1.95. The number of carbonyl (C=O) groups excluding carboxylic acids is 2. The molecule has 14 heavy (non-hydrogen) atoms. The van der Waals surface area contributed by atoms with Crippen LogP contribution in [-0.4, -0.2) is 12.6 Å². The predicted molar refractivity (Wildman–Crippen MR) is 58.4 cm³/mol. The fraction of sp³-hybridized carbons (Fsp3) is 0. The Balaban J connectivity index is 2.59. The van der Waals surface area contributed by atoms with Gasteiger partial charge in [0, 0.05) is 22.1 Å². The second-order valence-corrected chi connectivity index (χ2v) is 4.37. The van der Waals surface area contributed by atoms with Gasteiger partial charge in [0.25, 0.3) is 0 Å². The third kappa shape index (κ3) is 1.42. The van der Waals surface area contributed by atoms with Crippen LogP contribution < -0.4 is 0 Å². The van der Waals surface area contributed by atoms with Crippen LogP contribution in [-0.2, 0) is 0 Å². The molecule has 2 aromatic heterocycles. The van der Waals surface area contributed by atoms with E-state index in [0.29, 0.717) is 10.4 Å². The average molecular weight is 222 g/mol. The third-order valence-corrected chi connectivity index (χ3v) is 3.52. The van der Waals surface area contributed by atoms with E-state index in [0.717, 1.165) is 23.7 Å². The Bertz CT molecular complexity index is 424. The second-order valence-electron chi connectivity index (χ2n) is 2.68. The average Bonchev–Trinajstić information content (AvgIpc) is 2.85. The van der Waals surface area contributed by atoms with E-state index in [9.17, 15) is 9.59 Å². The van der Waals surface area contributed by atoms with E-state index in [1.165, 1.54) is 22.7 Å². The van der Waals surface area contributed by atoms with E-state index < -0.39 is 0 Å². The summed E-state index contributed by atoms with van der Waals surface area (Å²) in [6.45, 7) is 0. The fourth-order valence-electron chi connectivity index (χ4n) is 1.25. The van der Waals surface area contributed by atoms with E-state index in [-0.39, 0.29) is 0 Å². The fourth-order valence-corrected chi connectivity index (χ4v) is 2.76. The van der Waals surface area contributed by atoms with Gasteiger partial charge in [-0.3, -0.25) is 9.59 Å². The quantitative estimate of drug-likeness (QED) is 0.748. The molecular weight excluding hydrogens is 216 g/mol. The van der Waals surface area contributed by atoms with Gasteiger partial charge < -0.3 is 0 Å². The van der Waals surface area contributed by atoms with Gasteiger partial charge >= 0.3 is 0 Å². The van der Waals surface area contributed by atoms with Crippen molar-refractivity contribution in [2.45, 2.75) is 0 Å². The lowest BCUT2D eigenvalue weighted by Crippen LogP contribution is -1.82. The van der Waals surface area contributed by atoms with Crippen molar-refractivity contribution < 1.29 is 9.59 Å². The number of aldehydes is 2. The van der Waals surface area contributed by atoms with E-state index in [1.54, 1.807) is 5.38 Å². The maximum Gasteiger partial charge on any atom is 0.160 e. The number of rotatable bonds is 3. The van der Waals surface area contributed by atoms with Gasteiger partial charge in [-0.25, -0.2) is 0 Å². The largest absolute Gasteiger partial charge is 0.298 e. The van der Waals surface area contributed by atoms with Crippen molar-refractivity contribution in [3.8, 4) is 11.1 Å². The van der Waals surface area contributed by atoms with Crippen LogP contribution in [0.1, 0.15) is 20.0 Å². The van der Waals surface area contributed by atoms with Crippen molar-refractivity contribution in [2.24, 2.45) is 0 Å². The summed E-state index contributed by atoms with van der Waals surface area (Å²) in [5, 5.41) is 5.53. The molecule has 2 nitrogen and oxygen atoms in total. The maximum absolute atomic E-state index is 10.7. The molecule has 0 aliphatic heterocycles. The van der Waals surface area contributed by atoms with E-state index in [1.807, 2.05) is 16.8 Å². The first-order valence-corrected chi connectivity index (χ1v) is 5.73. The van der Waals surface area contributed by atoms with E-state index in [4.69, 9.17) is 0 Å². The Labute approximate surface area is 88.8 Å². The second kappa shape index (κ2) is 3.86. The van der Waals surface area contributed by atoms with Crippen LogP contribution >= 0.6 is 22.7 Å². The van der Waals surface area contributed by atoms with Gasteiger partial charge in [-0.2, -0.15) is 11.3 Å². The molecule has 0 aromatic carbocycles. The third-order valence-electron chi connectivity index (χ3n) is 1.91. The summed E-state index contributed by atoms with van der Waals surface area (Å²) < 4.78 is 0. The maximum atomic E-state index is 10.7. The van der Waals surface area contributed by atoms with Crippen LogP contribution in [0.25, 0.3) is 11.1 Å². The SMILES string of the molecule is O=Cc1cscc1-c1ccsc1C=O. The molecule has 0 aliphatic rings. The Morgan fingerprint density at radius 3 is 2.64 bits per heavy atom. The smallest absolute Gasteiger partial charge is 0.160 e. The molecule has 0 unspecified atom stereocenters. The van der Waals surface area contributed by atoms with Gasteiger partial charge in [-0.05, 0) is 16.8 Å². The van der Waals surface area contributed by atoms with Gasteiger partial charge in [0.1, 0.15) is 0 Å². The molecule has 4 heteroatoms. The summed E-state index contributed by atoms with van der Waals surface area (Å²) >= 11 is 2.85. The van der Waals surface area contributed by atoms with Crippen molar-refractivity contribution in [2.75, 3.05) is 0 Å². The number of carbonyl (C=O) groups is 2. The highest BCUT2D eigenvalue weighted by atomic mass is 32.1. The molecule has 2 rings (SSSR count). The van der Waals surface area contributed by atoms with Crippen LogP contribution in [0.5, 0.6) is 0 Å². The van der Waals surface area contributed by atoms with Crippen molar-refractivity contribution in [3.63, 3.8) is 0 Å². The van der Waals surface area contributed by atoms with Crippen LogP contribution in [0.15, 0.2) is 22.2 Å². The summed E-state index contributed by atoms with van der Waals surface area (Å²) in [4.78, 5) is 22.1. The zero-order chi connectivity index (χ0) is 9.97. The van der Waals surface area contributed by atoms with Crippen LogP contribution in [0, 0.1) is 0 Å². The highest BCUT2D eigenvalue weighted by Gasteiger charge is 2.10. The van der Waals surface area contributed by atoms with Crippen LogP contribution in [0.2, 0.25) is 0 Å².